The molecule has 1 amide bonds. The predicted octanol–water partition coefficient (Wildman–Crippen LogP) is -0.474. The normalized spacial score (nSPS) is 31.2. The predicted molar refractivity (Wildman–Crippen MR) is 73.2 cm³/mol. The molecule has 2 aliphatic rings. The minimum Gasteiger partial charge on any atom is -0.353 e. The highest BCUT2D eigenvalue weighted by Gasteiger charge is 2.30. The Bertz CT molecular complexity index is 424. The van der Waals surface area contributed by atoms with E-state index >= 15 is 0 Å². The van der Waals surface area contributed by atoms with Crippen LogP contribution in [0.25, 0.3) is 0 Å². The lowest BCUT2D eigenvalue weighted by Gasteiger charge is -2.30. The fraction of sp³-hybridized carbons (Fsp3) is 0.917. The first kappa shape index (κ1) is 14.7. The van der Waals surface area contributed by atoms with Gasteiger partial charge in [-0.1, -0.05) is 6.92 Å². The van der Waals surface area contributed by atoms with Gasteiger partial charge in [0.15, 0.2) is 0 Å². The first-order valence-corrected chi connectivity index (χ1v) is 8.58. The molecule has 19 heavy (non-hydrogen) atoms. The molecular formula is C12H23N3O3S. The molecule has 7 heteroatoms. The molecule has 0 aliphatic carbocycles. The number of hydrogen-bond acceptors (Lipinski definition) is 4. The van der Waals surface area contributed by atoms with Crippen molar-refractivity contribution < 1.29 is 13.2 Å². The van der Waals surface area contributed by atoms with E-state index < -0.39 is 10.0 Å². The van der Waals surface area contributed by atoms with Gasteiger partial charge in [-0.3, -0.25) is 4.79 Å². The maximum absolute atomic E-state index is 11.8. The lowest BCUT2D eigenvalue weighted by Crippen LogP contribution is -2.49. The summed E-state index contributed by atoms with van der Waals surface area (Å²) in [5.41, 5.74) is 0. The Morgan fingerprint density at radius 2 is 2.21 bits per heavy atom. The molecule has 0 saturated carbocycles. The summed E-state index contributed by atoms with van der Waals surface area (Å²) >= 11 is 0. The highest BCUT2D eigenvalue weighted by Crippen LogP contribution is 2.15. The van der Waals surface area contributed by atoms with E-state index in [1.165, 1.54) is 17.1 Å². The molecule has 0 radical (unpaired) electrons. The first-order chi connectivity index (χ1) is 8.99. The van der Waals surface area contributed by atoms with Crippen molar-refractivity contribution in [1.82, 2.24) is 14.9 Å². The van der Waals surface area contributed by atoms with Gasteiger partial charge >= 0.3 is 0 Å². The Morgan fingerprint density at radius 1 is 1.42 bits per heavy atom. The van der Waals surface area contributed by atoms with Gasteiger partial charge in [0.1, 0.15) is 0 Å². The van der Waals surface area contributed by atoms with Crippen LogP contribution >= 0.6 is 0 Å². The van der Waals surface area contributed by atoms with Gasteiger partial charge in [-0.2, -0.15) is 4.31 Å². The van der Waals surface area contributed by atoms with E-state index in [1.54, 1.807) is 0 Å². The number of sulfonamides is 1. The molecule has 2 fully saturated rings. The van der Waals surface area contributed by atoms with Crippen molar-refractivity contribution in [2.24, 2.45) is 5.92 Å². The van der Waals surface area contributed by atoms with E-state index in [0.717, 1.165) is 6.54 Å². The van der Waals surface area contributed by atoms with Crippen LogP contribution in [0.5, 0.6) is 0 Å². The van der Waals surface area contributed by atoms with Crippen molar-refractivity contribution in [3.05, 3.63) is 0 Å². The van der Waals surface area contributed by atoms with Crippen molar-refractivity contribution in [1.29, 1.82) is 0 Å². The standard InChI is InChI=1S/C12H23N3O3S/c1-10-4-2-5-13-11(10)8-14-12(16)9-15-6-3-7-19(15,17)18/h10-11,13H,2-9H2,1H3,(H,14,16). The first-order valence-electron chi connectivity index (χ1n) is 6.97. The molecule has 2 rings (SSSR count). The molecule has 0 aromatic heterocycles. The Kier molecular flexibility index (Phi) is 4.81. The molecule has 0 aromatic rings. The minimum absolute atomic E-state index is 0.0383. The van der Waals surface area contributed by atoms with Crippen LogP contribution in [0.15, 0.2) is 0 Å². The second kappa shape index (κ2) is 6.19. The number of piperidine rings is 1. The molecule has 2 N–H and O–H groups in total. The Morgan fingerprint density at radius 3 is 2.84 bits per heavy atom. The van der Waals surface area contributed by atoms with E-state index in [9.17, 15) is 13.2 Å². The van der Waals surface area contributed by atoms with E-state index in [-0.39, 0.29) is 18.2 Å². The largest absolute Gasteiger partial charge is 0.353 e. The maximum Gasteiger partial charge on any atom is 0.235 e. The number of rotatable bonds is 4. The Balaban J connectivity index is 1.75. The highest BCUT2D eigenvalue weighted by molar-refractivity contribution is 7.89. The summed E-state index contributed by atoms with van der Waals surface area (Å²) in [6.07, 6.45) is 2.97. The molecular weight excluding hydrogens is 266 g/mol. The summed E-state index contributed by atoms with van der Waals surface area (Å²) in [5, 5.41) is 6.23. The van der Waals surface area contributed by atoms with E-state index in [0.29, 0.717) is 31.5 Å². The molecule has 2 saturated heterocycles. The second-order valence-corrected chi connectivity index (χ2v) is 7.58. The van der Waals surface area contributed by atoms with Gasteiger partial charge in [0.25, 0.3) is 0 Å². The molecule has 0 bridgehead atoms. The summed E-state index contributed by atoms with van der Waals surface area (Å²) in [5.74, 6) is 0.510. The third kappa shape index (κ3) is 3.90. The van der Waals surface area contributed by atoms with Crippen molar-refractivity contribution in [2.75, 3.05) is 31.9 Å². The molecule has 2 aliphatic heterocycles. The second-order valence-electron chi connectivity index (χ2n) is 5.49. The van der Waals surface area contributed by atoms with Gasteiger partial charge in [0, 0.05) is 19.1 Å². The summed E-state index contributed by atoms with van der Waals surface area (Å²) in [4.78, 5) is 11.8. The number of nitrogens with one attached hydrogen (secondary N) is 2. The van der Waals surface area contributed by atoms with Crippen LogP contribution in [0.1, 0.15) is 26.2 Å². The van der Waals surface area contributed by atoms with E-state index in [2.05, 4.69) is 17.6 Å². The zero-order chi connectivity index (χ0) is 13.9. The Labute approximate surface area is 115 Å². The smallest absolute Gasteiger partial charge is 0.235 e. The molecule has 0 spiro atoms. The average molecular weight is 289 g/mol. The van der Waals surface area contributed by atoms with Gasteiger partial charge < -0.3 is 10.6 Å². The molecule has 110 valence electrons. The van der Waals surface area contributed by atoms with Crippen molar-refractivity contribution >= 4 is 15.9 Å². The number of amides is 1. The quantitative estimate of drug-likeness (QED) is 0.733. The summed E-state index contributed by atoms with van der Waals surface area (Å²) in [6.45, 7) is 4.17. The van der Waals surface area contributed by atoms with Crippen LogP contribution in [0.3, 0.4) is 0 Å². The third-order valence-corrected chi connectivity index (χ3v) is 5.88. The van der Waals surface area contributed by atoms with Gasteiger partial charge in [0.2, 0.25) is 15.9 Å². The van der Waals surface area contributed by atoms with Crippen LogP contribution < -0.4 is 10.6 Å². The summed E-state index contributed by atoms with van der Waals surface area (Å²) in [6, 6.07) is 0.299. The zero-order valence-corrected chi connectivity index (χ0v) is 12.2. The van der Waals surface area contributed by atoms with Crippen molar-refractivity contribution in [3.8, 4) is 0 Å². The molecule has 6 nitrogen and oxygen atoms in total. The SMILES string of the molecule is CC1CCCNC1CNC(=O)CN1CCCS1(=O)=O. The fourth-order valence-electron chi connectivity index (χ4n) is 2.70. The van der Waals surface area contributed by atoms with E-state index in [4.69, 9.17) is 0 Å². The minimum atomic E-state index is -3.18. The van der Waals surface area contributed by atoms with Crippen molar-refractivity contribution in [3.63, 3.8) is 0 Å². The maximum atomic E-state index is 11.8. The van der Waals surface area contributed by atoms with Crippen LogP contribution in [-0.2, 0) is 14.8 Å². The van der Waals surface area contributed by atoms with Crippen LogP contribution in [0, 0.1) is 5.92 Å². The fourth-order valence-corrected chi connectivity index (χ4v) is 4.17. The van der Waals surface area contributed by atoms with E-state index in [1.807, 2.05) is 0 Å². The third-order valence-electron chi connectivity index (χ3n) is 3.97. The molecule has 2 unspecified atom stereocenters. The number of nitrogens with zero attached hydrogens (tertiary/aromatic N) is 1. The van der Waals surface area contributed by atoms with Gasteiger partial charge in [-0.25, -0.2) is 8.42 Å². The topological polar surface area (TPSA) is 78.5 Å². The van der Waals surface area contributed by atoms with Gasteiger partial charge in [-0.05, 0) is 31.7 Å². The monoisotopic (exact) mass is 289 g/mol. The number of hydrogen-bond donors (Lipinski definition) is 2. The lowest BCUT2D eigenvalue weighted by atomic mass is 9.93. The van der Waals surface area contributed by atoms with Crippen LogP contribution in [0.4, 0.5) is 0 Å². The van der Waals surface area contributed by atoms with Crippen molar-refractivity contribution in [2.45, 2.75) is 32.2 Å². The highest BCUT2D eigenvalue weighted by atomic mass is 32.2. The lowest BCUT2D eigenvalue weighted by molar-refractivity contribution is -0.121. The Hall–Kier alpha value is -0.660. The molecule has 2 atom stereocenters. The zero-order valence-electron chi connectivity index (χ0n) is 11.4. The average Bonchev–Trinajstić information content (AvgIpc) is 2.68. The molecule has 2 heterocycles. The van der Waals surface area contributed by atoms with Crippen LogP contribution in [-0.4, -0.2) is 56.6 Å². The van der Waals surface area contributed by atoms with Gasteiger partial charge in [0.05, 0.1) is 12.3 Å². The summed E-state index contributed by atoms with van der Waals surface area (Å²) < 4.78 is 24.5. The number of carbonyl (C=O) groups excluding carboxylic acids is 1. The van der Waals surface area contributed by atoms with Crippen LogP contribution in [0.2, 0.25) is 0 Å². The number of carbonyl (C=O) groups is 1. The summed E-state index contributed by atoms with van der Waals surface area (Å²) in [7, 11) is -3.18. The molecule has 0 aromatic carbocycles. The van der Waals surface area contributed by atoms with Gasteiger partial charge in [-0.15, -0.1) is 0 Å².